The van der Waals surface area contributed by atoms with E-state index in [2.05, 4.69) is 11.6 Å². The molecule has 3 N–H and O–H groups in total. The maximum absolute atomic E-state index is 15.2. The molecule has 2 saturated heterocycles. The lowest BCUT2D eigenvalue weighted by Crippen LogP contribution is -2.51. The average molecular weight is 405 g/mol. The Morgan fingerprint density at radius 3 is 2.79 bits per heavy atom. The van der Waals surface area contributed by atoms with Gasteiger partial charge in [-0.3, -0.25) is 9.59 Å². The minimum Gasteiger partial charge on any atom is -0.366 e. The van der Waals surface area contributed by atoms with Crippen LogP contribution in [0.4, 0.5) is 10.1 Å². The summed E-state index contributed by atoms with van der Waals surface area (Å²) in [6.07, 6.45) is 3.76. The van der Waals surface area contributed by atoms with Gasteiger partial charge in [0.15, 0.2) is 0 Å². The van der Waals surface area contributed by atoms with Crippen LogP contribution < -0.4 is 10.6 Å². The third-order valence-electron chi connectivity index (χ3n) is 5.93. The molecule has 4 rings (SSSR count). The highest BCUT2D eigenvalue weighted by molar-refractivity contribution is 6.38. The molecule has 0 saturated carbocycles. The van der Waals surface area contributed by atoms with E-state index in [-0.39, 0.29) is 23.6 Å². The van der Waals surface area contributed by atoms with E-state index in [1.807, 2.05) is 9.80 Å². The Bertz CT molecular complexity index is 1000. The fourth-order valence-corrected chi connectivity index (χ4v) is 4.97. The highest BCUT2D eigenvalue weighted by Crippen LogP contribution is 2.43. The van der Waals surface area contributed by atoms with E-state index in [0.29, 0.717) is 40.4 Å². The maximum atomic E-state index is 15.2. The van der Waals surface area contributed by atoms with Crippen molar-refractivity contribution >= 4 is 40.0 Å². The Balaban J connectivity index is 1.85. The number of halogens is 2. The van der Waals surface area contributed by atoms with E-state index in [4.69, 9.17) is 17.3 Å². The van der Waals surface area contributed by atoms with Gasteiger partial charge in [0.05, 0.1) is 27.8 Å². The van der Waals surface area contributed by atoms with Crippen LogP contribution in [-0.4, -0.2) is 46.9 Å². The zero-order valence-electron chi connectivity index (χ0n) is 15.6. The van der Waals surface area contributed by atoms with Crippen LogP contribution in [0.3, 0.4) is 0 Å². The van der Waals surface area contributed by atoms with E-state index < -0.39 is 11.7 Å². The number of hydrogen-bond donors (Lipinski definition) is 2. The molecule has 28 heavy (non-hydrogen) atoms. The summed E-state index contributed by atoms with van der Waals surface area (Å²) >= 11 is 6.50. The number of anilines is 1. The van der Waals surface area contributed by atoms with Gasteiger partial charge in [-0.25, -0.2) is 4.39 Å². The van der Waals surface area contributed by atoms with Gasteiger partial charge in [0.1, 0.15) is 5.82 Å². The molecule has 2 aliphatic rings. The average Bonchev–Trinajstić information content (AvgIpc) is 3.22. The molecule has 2 unspecified atom stereocenters. The van der Waals surface area contributed by atoms with Gasteiger partial charge in [0.2, 0.25) is 5.91 Å². The highest BCUT2D eigenvalue weighted by Gasteiger charge is 2.43. The van der Waals surface area contributed by atoms with Gasteiger partial charge in [-0.05, 0) is 38.3 Å². The van der Waals surface area contributed by atoms with Crippen molar-refractivity contribution in [3.05, 3.63) is 40.8 Å². The number of nitrogens with zero attached hydrogens (tertiary/aromatic N) is 2. The Hall–Kier alpha value is -2.54. The van der Waals surface area contributed by atoms with Crippen LogP contribution >= 0.6 is 11.6 Å². The second-order valence-electron chi connectivity index (χ2n) is 7.43. The molecule has 1 aromatic carbocycles. The molecule has 0 radical (unpaired) electrons. The smallest absolute Gasteiger partial charge is 0.250 e. The predicted octanol–water partition coefficient (Wildman–Crippen LogP) is 3.12. The minimum absolute atomic E-state index is 0.00308. The van der Waals surface area contributed by atoms with Crippen LogP contribution in [0.1, 0.15) is 35.3 Å². The van der Waals surface area contributed by atoms with Crippen LogP contribution in [0.5, 0.6) is 0 Å². The van der Waals surface area contributed by atoms with Gasteiger partial charge in [-0.2, -0.15) is 0 Å². The van der Waals surface area contributed by atoms with E-state index in [0.717, 1.165) is 19.3 Å². The molecule has 2 fully saturated rings. The zero-order chi connectivity index (χ0) is 20.2. The third-order valence-corrected chi connectivity index (χ3v) is 6.41. The fourth-order valence-electron chi connectivity index (χ4n) is 4.74. The molecule has 3 heterocycles. The summed E-state index contributed by atoms with van der Waals surface area (Å²) in [6.45, 7) is 6.64. The van der Waals surface area contributed by atoms with E-state index >= 15 is 4.39 Å². The number of rotatable bonds is 3. The van der Waals surface area contributed by atoms with Gasteiger partial charge >= 0.3 is 0 Å². The summed E-state index contributed by atoms with van der Waals surface area (Å²) in [6, 6.07) is 1.17. The molecule has 0 aliphatic carbocycles. The molecule has 0 bridgehead atoms. The lowest BCUT2D eigenvalue weighted by molar-refractivity contribution is -0.129. The summed E-state index contributed by atoms with van der Waals surface area (Å²) in [5.41, 5.74) is 6.99. The molecule has 148 valence electrons. The van der Waals surface area contributed by atoms with Crippen molar-refractivity contribution in [2.24, 2.45) is 5.73 Å². The van der Waals surface area contributed by atoms with Crippen LogP contribution in [0.25, 0.3) is 10.9 Å². The molecule has 1 aromatic heterocycles. The number of aromatic amines is 1. The lowest BCUT2D eigenvalue weighted by atomic mass is 9.96. The number of aromatic nitrogens is 1. The van der Waals surface area contributed by atoms with Crippen molar-refractivity contribution in [3.63, 3.8) is 0 Å². The molecular formula is C20H22ClFN4O2. The van der Waals surface area contributed by atoms with Crippen LogP contribution in [0, 0.1) is 12.7 Å². The molecule has 8 heteroatoms. The van der Waals surface area contributed by atoms with Crippen LogP contribution in [-0.2, 0) is 4.79 Å². The third kappa shape index (κ3) is 2.68. The van der Waals surface area contributed by atoms with E-state index in [9.17, 15) is 9.59 Å². The molecule has 2 amide bonds. The van der Waals surface area contributed by atoms with Crippen LogP contribution in [0.2, 0.25) is 5.02 Å². The number of carbonyl (C=O) groups excluding carboxylic acids is 2. The van der Waals surface area contributed by atoms with E-state index in [1.165, 1.54) is 12.1 Å². The number of carbonyl (C=O) groups is 2. The largest absolute Gasteiger partial charge is 0.366 e. The van der Waals surface area contributed by atoms with Crippen molar-refractivity contribution in [2.45, 2.75) is 38.3 Å². The molecule has 0 spiro atoms. The fraction of sp³-hybridized carbons (Fsp3) is 0.400. The Morgan fingerprint density at radius 1 is 1.36 bits per heavy atom. The molecule has 6 nitrogen and oxygen atoms in total. The Labute approximate surface area is 167 Å². The monoisotopic (exact) mass is 404 g/mol. The summed E-state index contributed by atoms with van der Waals surface area (Å²) in [4.78, 5) is 31.0. The summed E-state index contributed by atoms with van der Waals surface area (Å²) in [7, 11) is 0. The normalized spacial score (nSPS) is 21.8. The number of amides is 2. The zero-order valence-corrected chi connectivity index (χ0v) is 16.4. The van der Waals surface area contributed by atoms with Gasteiger partial charge in [-0.1, -0.05) is 18.2 Å². The van der Waals surface area contributed by atoms with Crippen molar-refractivity contribution < 1.29 is 14.0 Å². The first-order valence-corrected chi connectivity index (χ1v) is 9.72. The topological polar surface area (TPSA) is 82.4 Å². The number of piperidine rings is 1. The minimum atomic E-state index is -0.715. The number of H-pyrrole nitrogens is 1. The number of nitrogens with two attached hydrogens (primary N) is 1. The maximum Gasteiger partial charge on any atom is 0.250 e. The highest BCUT2D eigenvalue weighted by atomic mass is 35.5. The second-order valence-corrected chi connectivity index (χ2v) is 7.81. The Kier molecular flexibility index (Phi) is 4.57. The summed E-state index contributed by atoms with van der Waals surface area (Å²) in [5, 5.41) is 0.853. The number of hydrogen-bond acceptors (Lipinski definition) is 3. The predicted molar refractivity (Wildman–Crippen MR) is 107 cm³/mol. The second kappa shape index (κ2) is 6.81. The van der Waals surface area contributed by atoms with Crippen molar-refractivity contribution in [2.75, 3.05) is 18.0 Å². The van der Waals surface area contributed by atoms with Crippen molar-refractivity contribution in [1.82, 2.24) is 9.88 Å². The number of likely N-dealkylation sites (tertiary alicyclic amines) is 1. The number of fused-ring (bicyclic) bond motifs is 2. The van der Waals surface area contributed by atoms with Crippen molar-refractivity contribution in [1.29, 1.82) is 0 Å². The van der Waals surface area contributed by atoms with Gasteiger partial charge in [0.25, 0.3) is 5.91 Å². The summed E-state index contributed by atoms with van der Waals surface area (Å²) < 4.78 is 15.2. The Morgan fingerprint density at radius 2 is 2.11 bits per heavy atom. The molecular weight excluding hydrogens is 383 g/mol. The van der Waals surface area contributed by atoms with Gasteiger partial charge in [-0.15, -0.1) is 0 Å². The van der Waals surface area contributed by atoms with E-state index in [1.54, 1.807) is 6.92 Å². The standard InChI is InChI=1S/C20H22ClFN4O2/c1-3-15(27)25-7-4-5-13-14(25)6-8-26(13)19-12(22)9-11(20(23)28)18-16(19)17(21)10(2)24-18/h3,9,13-14,24H,1,4-8H2,2H3,(H2,23,28). The number of primary amides is 1. The first-order chi connectivity index (χ1) is 13.3. The van der Waals surface area contributed by atoms with Crippen molar-refractivity contribution in [3.8, 4) is 0 Å². The summed E-state index contributed by atoms with van der Waals surface area (Å²) in [5.74, 6) is -1.34. The first kappa shape index (κ1) is 18.8. The van der Waals surface area contributed by atoms with Gasteiger partial charge < -0.3 is 20.5 Å². The molecule has 2 aromatic rings. The van der Waals surface area contributed by atoms with Crippen LogP contribution in [0.15, 0.2) is 18.7 Å². The number of nitrogens with one attached hydrogen (secondary N) is 1. The molecule has 2 aliphatic heterocycles. The number of benzene rings is 1. The molecule has 2 atom stereocenters. The lowest BCUT2D eigenvalue weighted by Gasteiger charge is -2.40. The number of aryl methyl sites for hydroxylation is 1. The first-order valence-electron chi connectivity index (χ1n) is 9.35. The van der Waals surface area contributed by atoms with Gasteiger partial charge in [0, 0.05) is 30.2 Å². The quantitative estimate of drug-likeness (QED) is 0.771. The SMILES string of the molecule is C=CC(=O)N1CCCC2C1CCN2c1c(F)cc(C(N)=O)c2[nH]c(C)c(Cl)c12.